The first kappa shape index (κ1) is 12.9. The van der Waals surface area contributed by atoms with Crippen molar-refractivity contribution in [3.8, 4) is 0 Å². The summed E-state index contributed by atoms with van der Waals surface area (Å²) < 4.78 is 26.6. The van der Waals surface area contributed by atoms with Gasteiger partial charge in [0.05, 0.1) is 11.1 Å². The third-order valence-corrected chi connectivity index (χ3v) is 4.21. The SMILES string of the molecule is CC(NS(=O)(=O)c1cnccc1Cl)c1ncn[nH]1. The second-order valence-electron chi connectivity index (χ2n) is 3.52. The molecule has 2 N–H and O–H groups in total. The third-order valence-electron chi connectivity index (χ3n) is 2.20. The molecule has 1 unspecified atom stereocenters. The summed E-state index contributed by atoms with van der Waals surface area (Å²) in [5.41, 5.74) is 0. The van der Waals surface area contributed by atoms with Crippen LogP contribution in [0, 0.1) is 0 Å². The summed E-state index contributed by atoms with van der Waals surface area (Å²) in [4.78, 5) is 7.55. The van der Waals surface area contributed by atoms with Crippen molar-refractivity contribution in [3.05, 3.63) is 35.6 Å². The molecule has 0 fully saturated rings. The fourth-order valence-corrected chi connectivity index (χ4v) is 2.97. The first-order valence-electron chi connectivity index (χ1n) is 4.98. The number of halogens is 1. The number of nitrogens with one attached hydrogen (secondary N) is 2. The molecule has 2 heterocycles. The van der Waals surface area contributed by atoms with Crippen molar-refractivity contribution in [2.75, 3.05) is 0 Å². The van der Waals surface area contributed by atoms with Crippen LogP contribution in [-0.2, 0) is 10.0 Å². The summed E-state index contributed by atoms with van der Waals surface area (Å²) in [6.45, 7) is 1.64. The Kier molecular flexibility index (Phi) is 3.60. The molecule has 0 aromatic carbocycles. The van der Waals surface area contributed by atoms with Gasteiger partial charge in [-0.25, -0.2) is 18.1 Å². The quantitative estimate of drug-likeness (QED) is 0.870. The molecule has 7 nitrogen and oxygen atoms in total. The average Bonchev–Trinajstić information content (AvgIpc) is 2.82. The molecular weight excluding hydrogens is 278 g/mol. The summed E-state index contributed by atoms with van der Waals surface area (Å²) in [7, 11) is -3.75. The maximum Gasteiger partial charge on any atom is 0.244 e. The number of H-pyrrole nitrogens is 1. The molecule has 0 aliphatic heterocycles. The average molecular weight is 288 g/mol. The fourth-order valence-electron chi connectivity index (χ4n) is 1.34. The van der Waals surface area contributed by atoms with Gasteiger partial charge in [-0.2, -0.15) is 5.10 Å². The van der Waals surface area contributed by atoms with Crippen molar-refractivity contribution in [3.63, 3.8) is 0 Å². The maximum absolute atomic E-state index is 12.1. The lowest BCUT2D eigenvalue weighted by Crippen LogP contribution is -2.28. The van der Waals surface area contributed by atoms with E-state index in [1.165, 1.54) is 24.8 Å². The number of aromatic nitrogens is 4. The molecule has 0 bridgehead atoms. The highest BCUT2D eigenvalue weighted by atomic mass is 35.5. The van der Waals surface area contributed by atoms with Gasteiger partial charge < -0.3 is 0 Å². The van der Waals surface area contributed by atoms with Crippen LogP contribution >= 0.6 is 11.6 Å². The molecule has 0 aliphatic carbocycles. The lowest BCUT2D eigenvalue weighted by atomic mass is 10.3. The van der Waals surface area contributed by atoms with Crippen molar-refractivity contribution in [1.29, 1.82) is 0 Å². The molecule has 2 aromatic rings. The van der Waals surface area contributed by atoms with Crippen LogP contribution in [0.3, 0.4) is 0 Å². The Hall–Kier alpha value is -1.51. The number of rotatable bonds is 4. The monoisotopic (exact) mass is 287 g/mol. The molecule has 2 aromatic heterocycles. The molecule has 9 heteroatoms. The van der Waals surface area contributed by atoms with Gasteiger partial charge in [-0.1, -0.05) is 11.6 Å². The van der Waals surface area contributed by atoms with E-state index in [0.29, 0.717) is 5.82 Å². The second-order valence-corrected chi connectivity index (χ2v) is 5.61. The molecule has 1 atom stereocenters. The lowest BCUT2D eigenvalue weighted by Gasteiger charge is -2.12. The largest absolute Gasteiger partial charge is 0.263 e. The highest BCUT2D eigenvalue weighted by Crippen LogP contribution is 2.20. The van der Waals surface area contributed by atoms with Crippen LogP contribution in [0.15, 0.2) is 29.7 Å². The van der Waals surface area contributed by atoms with Crippen LogP contribution in [0.25, 0.3) is 0 Å². The minimum atomic E-state index is -3.75. The molecule has 0 radical (unpaired) electrons. The van der Waals surface area contributed by atoms with E-state index in [1.54, 1.807) is 6.92 Å². The standard InChI is InChI=1S/C9H10ClN5O2S/c1-6(9-12-5-13-14-9)15-18(16,17)8-4-11-3-2-7(8)10/h2-6,15H,1H3,(H,12,13,14). The Bertz CT molecular complexity index is 628. The van der Waals surface area contributed by atoms with Crippen molar-refractivity contribution in [2.45, 2.75) is 17.9 Å². The predicted octanol–water partition coefficient (Wildman–Crippen LogP) is 0.893. The Morgan fingerprint density at radius 3 is 2.89 bits per heavy atom. The first-order chi connectivity index (χ1) is 8.50. The van der Waals surface area contributed by atoms with E-state index in [4.69, 9.17) is 11.6 Å². The van der Waals surface area contributed by atoms with E-state index in [-0.39, 0.29) is 9.92 Å². The van der Waals surface area contributed by atoms with Gasteiger partial charge in [-0.15, -0.1) is 0 Å². The maximum atomic E-state index is 12.1. The van der Waals surface area contributed by atoms with E-state index in [2.05, 4.69) is 24.9 Å². The number of hydrogen-bond donors (Lipinski definition) is 2. The Morgan fingerprint density at radius 1 is 1.50 bits per heavy atom. The molecule has 0 saturated heterocycles. The Labute approximate surface area is 109 Å². The van der Waals surface area contributed by atoms with Gasteiger partial charge in [0, 0.05) is 12.4 Å². The molecule has 0 spiro atoms. The normalized spacial score (nSPS) is 13.4. The van der Waals surface area contributed by atoms with Gasteiger partial charge >= 0.3 is 0 Å². The summed E-state index contributed by atoms with van der Waals surface area (Å²) in [5, 5.41) is 6.36. The van der Waals surface area contributed by atoms with Crippen LogP contribution in [0.2, 0.25) is 5.02 Å². The van der Waals surface area contributed by atoms with E-state index in [0.717, 1.165) is 0 Å². The number of pyridine rings is 1. The minimum absolute atomic E-state index is 0.0713. The first-order valence-corrected chi connectivity index (χ1v) is 6.84. The van der Waals surface area contributed by atoms with Crippen molar-refractivity contribution < 1.29 is 8.42 Å². The summed E-state index contributed by atoms with van der Waals surface area (Å²) in [6, 6.07) is 0.865. The number of nitrogens with zero attached hydrogens (tertiary/aromatic N) is 3. The highest BCUT2D eigenvalue weighted by molar-refractivity contribution is 7.89. The zero-order valence-electron chi connectivity index (χ0n) is 9.33. The minimum Gasteiger partial charge on any atom is -0.263 e. The number of aromatic amines is 1. The van der Waals surface area contributed by atoms with Gasteiger partial charge in [-0.3, -0.25) is 10.1 Å². The third kappa shape index (κ3) is 2.66. The van der Waals surface area contributed by atoms with Gasteiger partial charge in [0.2, 0.25) is 10.0 Å². The Morgan fingerprint density at radius 2 is 2.28 bits per heavy atom. The topological polar surface area (TPSA) is 101 Å². The predicted molar refractivity (Wildman–Crippen MR) is 64.4 cm³/mol. The van der Waals surface area contributed by atoms with E-state index < -0.39 is 16.1 Å². The number of sulfonamides is 1. The van der Waals surface area contributed by atoms with Gasteiger partial charge in [0.15, 0.2) is 0 Å². The fraction of sp³-hybridized carbons (Fsp3) is 0.222. The van der Waals surface area contributed by atoms with Gasteiger partial charge in [-0.05, 0) is 13.0 Å². The molecule has 18 heavy (non-hydrogen) atoms. The summed E-state index contributed by atoms with van der Waals surface area (Å²) in [6.07, 6.45) is 3.91. The summed E-state index contributed by atoms with van der Waals surface area (Å²) in [5.74, 6) is 0.415. The van der Waals surface area contributed by atoms with Crippen molar-refractivity contribution in [1.82, 2.24) is 24.9 Å². The smallest absolute Gasteiger partial charge is 0.244 e. The Balaban J connectivity index is 2.26. The van der Waals surface area contributed by atoms with Gasteiger partial charge in [0.25, 0.3) is 0 Å². The molecule has 0 amide bonds. The van der Waals surface area contributed by atoms with E-state index in [1.807, 2.05) is 0 Å². The van der Waals surface area contributed by atoms with E-state index in [9.17, 15) is 8.42 Å². The van der Waals surface area contributed by atoms with Crippen LogP contribution < -0.4 is 4.72 Å². The van der Waals surface area contributed by atoms with Crippen LogP contribution in [0.1, 0.15) is 18.8 Å². The molecule has 0 aliphatic rings. The van der Waals surface area contributed by atoms with Crippen LogP contribution in [-0.4, -0.2) is 28.6 Å². The second kappa shape index (κ2) is 5.01. The zero-order valence-corrected chi connectivity index (χ0v) is 10.9. The van der Waals surface area contributed by atoms with Crippen LogP contribution in [0.5, 0.6) is 0 Å². The molecule has 2 rings (SSSR count). The van der Waals surface area contributed by atoms with E-state index >= 15 is 0 Å². The van der Waals surface area contributed by atoms with Crippen molar-refractivity contribution >= 4 is 21.6 Å². The molecule has 96 valence electrons. The lowest BCUT2D eigenvalue weighted by molar-refractivity contribution is 0.560. The summed E-state index contributed by atoms with van der Waals surface area (Å²) >= 11 is 5.82. The molecule has 0 saturated carbocycles. The molecular formula is C9H10ClN5O2S. The number of hydrogen-bond acceptors (Lipinski definition) is 5. The van der Waals surface area contributed by atoms with Crippen molar-refractivity contribution in [2.24, 2.45) is 0 Å². The zero-order chi connectivity index (χ0) is 13.2. The highest BCUT2D eigenvalue weighted by Gasteiger charge is 2.22. The van der Waals surface area contributed by atoms with Crippen LogP contribution in [0.4, 0.5) is 0 Å². The van der Waals surface area contributed by atoms with Gasteiger partial charge in [0.1, 0.15) is 17.0 Å².